The summed E-state index contributed by atoms with van der Waals surface area (Å²) in [5.41, 5.74) is -0.493. The number of rotatable bonds is 2. The lowest BCUT2D eigenvalue weighted by Gasteiger charge is -2.26. The molecular weight excluding hydrogens is 252 g/mol. The first-order chi connectivity index (χ1) is 6.97. The highest BCUT2D eigenvalue weighted by Crippen LogP contribution is 2.27. The van der Waals surface area contributed by atoms with Crippen LogP contribution in [0.1, 0.15) is 5.69 Å². The summed E-state index contributed by atoms with van der Waals surface area (Å²) < 4.78 is 14.2. The second-order valence-electron chi connectivity index (χ2n) is 4.44. The van der Waals surface area contributed by atoms with Crippen molar-refractivity contribution in [1.29, 1.82) is 0 Å². The first-order valence-electron chi connectivity index (χ1n) is 4.55. The Hall–Kier alpha value is -0.880. The molecule has 0 saturated heterocycles. The lowest BCUT2D eigenvalue weighted by atomic mass is 10.4. The van der Waals surface area contributed by atoms with E-state index in [0.29, 0.717) is 5.69 Å². The van der Waals surface area contributed by atoms with E-state index < -0.39 is 19.5 Å². The minimum absolute atomic E-state index is 0.000571. The van der Waals surface area contributed by atoms with Crippen LogP contribution in [-0.2, 0) is 28.1 Å². The summed E-state index contributed by atoms with van der Waals surface area (Å²) in [4.78, 5) is 23.0. The molecule has 0 saturated carbocycles. The van der Waals surface area contributed by atoms with Gasteiger partial charge in [-0.1, -0.05) is 0 Å². The Morgan fingerprint density at radius 2 is 1.75 bits per heavy atom. The van der Waals surface area contributed by atoms with Gasteiger partial charge in [-0.25, -0.2) is 4.79 Å². The summed E-state index contributed by atoms with van der Waals surface area (Å²) in [5.74, 6) is 0.000571. The molecule has 7 heteroatoms. The van der Waals surface area contributed by atoms with E-state index in [0.717, 1.165) is 4.57 Å². The molecule has 92 valence electrons. The van der Waals surface area contributed by atoms with Crippen LogP contribution in [0.5, 0.6) is 0 Å². The fraction of sp³-hybridized carbons (Fsp3) is 0.556. The number of nitrogens with zero attached hydrogens (tertiary/aromatic N) is 2. The van der Waals surface area contributed by atoms with Crippen LogP contribution >= 0.6 is 10.7 Å². The Morgan fingerprint density at radius 1 is 1.25 bits per heavy atom. The molecule has 0 atom stereocenters. The highest BCUT2D eigenvalue weighted by atomic mass is 35.7. The van der Waals surface area contributed by atoms with Crippen molar-refractivity contribution < 1.29 is 4.21 Å². The SMILES string of the molecule is Cn1c(CS(C)(C)(=O)Cl)cc(=O)n(C)c1=O. The molecule has 5 nitrogen and oxygen atoms in total. The first-order valence-corrected chi connectivity index (χ1v) is 8.33. The summed E-state index contributed by atoms with van der Waals surface area (Å²) in [6, 6.07) is 1.28. The van der Waals surface area contributed by atoms with Crippen molar-refractivity contribution in [3.05, 3.63) is 32.6 Å². The van der Waals surface area contributed by atoms with Gasteiger partial charge in [-0.15, -0.1) is 0 Å². The fourth-order valence-corrected chi connectivity index (χ4v) is 2.77. The summed E-state index contributed by atoms with van der Waals surface area (Å²) in [7, 11) is 5.48. The highest BCUT2D eigenvalue weighted by molar-refractivity contribution is 8.36. The Balaban J connectivity index is 3.46. The van der Waals surface area contributed by atoms with Gasteiger partial charge in [0.05, 0.1) is 5.75 Å². The molecular formula is C9H15ClN2O3S. The molecule has 0 N–H and O–H groups in total. The van der Waals surface area contributed by atoms with E-state index in [9.17, 15) is 13.8 Å². The predicted molar refractivity (Wildman–Crippen MR) is 66.5 cm³/mol. The lowest BCUT2D eigenvalue weighted by molar-refractivity contribution is 0.651. The molecule has 1 heterocycles. The predicted octanol–water partition coefficient (Wildman–Crippen LogP) is -0.182. The summed E-state index contributed by atoms with van der Waals surface area (Å²) in [5, 5.41) is 0. The van der Waals surface area contributed by atoms with Crippen molar-refractivity contribution in [2.75, 3.05) is 12.5 Å². The van der Waals surface area contributed by atoms with Crippen LogP contribution in [0.3, 0.4) is 0 Å². The maximum absolute atomic E-state index is 12.0. The number of halogens is 1. The molecule has 1 aromatic rings. The van der Waals surface area contributed by atoms with Crippen LogP contribution in [0, 0.1) is 0 Å². The quantitative estimate of drug-likeness (QED) is 0.698. The van der Waals surface area contributed by atoms with Crippen molar-refractivity contribution in [3.8, 4) is 0 Å². The van der Waals surface area contributed by atoms with Crippen LogP contribution in [0.15, 0.2) is 15.7 Å². The molecule has 16 heavy (non-hydrogen) atoms. The summed E-state index contributed by atoms with van der Waals surface area (Å²) in [6.45, 7) is 0. The third kappa shape index (κ3) is 3.05. The lowest BCUT2D eigenvalue weighted by Crippen LogP contribution is -2.39. The molecule has 1 rings (SSSR count). The third-order valence-corrected chi connectivity index (χ3v) is 3.60. The molecule has 0 bridgehead atoms. The van der Waals surface area contributed by atoms with E-state index >= 15 is 0 Å². The van der Waals surface area contributed by atoms with Crippen LogP contribution in [0.2, 0.25) is 0 Å². The second-order valence-corrected chi connectivity index (χ2v) is 11.4. The standard InChI is InChI=1S/C9H15ClN2O3S/c1-11-7(6-16(3,4,10)15)5-8(13)12(2)9(11)14/h5H,6H2,1-4H3. The smallest absolute Gasteiger partial charge is 0.300 e. The molecule has 0 amide bonds. The van der Waals surface area contributed by atoms with Gasteiger partial charge in [0.25, 0.3) is 5.56 Å². The van der Waals surface area contributed by atoms with Crippen molar-refractivity contribution in [2.24, 2.45) is 14.1 Å². The largest absolute Gasteiger partial charge is 0.330 e. The molecule has 0 fully saturated rings. The van der Waals surface area contributed by atoms with Gasteiger partial charge in [0, 0.05) is 38.4 Å². The third-order valence-electron chi connectivity index (χ3n) is 2.18. The topological polar surface area (TPSA) is 61.1 Å². The van der Waals surface area contributed by atoms with Crippen LogP contribution in [0.4, 0.5) is 0 Å². The molecule has 0 radical (unpaired) electrons. The Bertz CT molecular complexity index is 597. The molecule has 0 unspecified atom stereocenters. The normalized spacial score (nSPS) is 14.4. The van der Waals surface area contributed by atoms with E-state index in [1.807, 2.05) is 0 Å². The van der Waals surface area contributed by atoms with E-state index in [1.54, 1.807) is 0 Å². The molecule has 0 aliphatic heterocycles. The molecule has 0 spiro atoms. The minimum atomic E-state index is -3.30. The molecule has 1 aromatic heterocycles. The average molecular weight is 267 g/mol. The van der Waals surface area contributed by atoms with Gasteiger partial charge in [0.2, 0.25) is 0 Å². The molecule has 0 aromatic carbocycles. The van der Waals surface area contributed by atoms with E-state index in [2.05, 4.69) is 0 Å². The van der Waals surface area contributed by atoms with Crippen molar-refractivity contribution in [3.63, 3.8) is 0 Å². The van der Waals surface area contributed by atoms with E-state index in [-0.39, 0.29) is 5.75 Å². The van der Waals surface area contributed by atoms with Crippen LogP contribution in [-0.4, -0.2) is 25.9 Å². The highest BCUT2D eigenvalue weighted by Gasteiger charge is 2.23. The average Bonchev–Trinajstić information content (AvgIpc) is 2.07. The number of hydrogen-bond acceptors (Lipinski definition) is 3. The zero-order valence-electron chi connectivity index (χ0n) is 9.69. The monoisotopic (exact) mass is 266 g/mol. The summed E-state index contributed by atoms with van der Waals surface area (Å²) in [6.07, 6.45) is 2.83. The molecule has 0 aliphatic rings. The molecule has 0 aliphatic carbocycles. The van der Waals surface area contributed by atoms with Gasteiger partial charge in [0.15, 0.2) is 0 Å². The first kappa shape index (κ1) is 13.2. The maximum Gasteiger partial charge on any atom is 0.330 e. The number of aromatic nitrogens is 2. The number of hydrogen-bond donors (Lipinski definition) is 0. The van der Waals surface area contributed by atoms with E-state index in [1.165, 1.54) is 37.2 Å². The van der Waals surface area contributed by atoms with Crippen molar-refractivity contribution >= 4 is 19.0 Å². The Kier molecular flexibility index (Phi) is 2.94. The van der Waals surface area contributed by atoms with Gasteiger partial charge in [-0.2, -0.15) is 0 Å². The summed E-state index contributed by atoms with van der Waals surface area (Å²) >= 11 is 0. The zero-order valence-corrected chi connectivity index (χ0v) is 11.3. The van der Waals surface area contributed by atoms with Gasteiger partial charge < -0.3 is 0 Å². The van der Waals surface area contributed by atoms with Gasteiger partial charge in [-0.05, 0) is 19.0 Å². The van der Waals surface area contributed by atoms with E-state index in [4.69, 9.17) is 10.7 Å². The Morgan fingerprint density at radius 3 is 2.19 bits per heavy atom. The van der Waals surface area contributed by atoms with Crippen molar-refractivity contribution in [2.45, 2.75) is 5.75 Å². The Labute approximate surface area is 97.6 Å². The minimum Gasteiger partial charge on any atom is -0.300 e. The van der Waals surface area contributed by atoms with Gasteiger partial charge in [0.1, 0.15) is 0 Å². The zero-order chi connectivity index (χ0) is 12.7. The fourth-order valence-electron chi connectivity index (χ4n) is 1.33. The second kappa shape index (κ2) is 3.56. The van der Waals surface area contributed by atoms with Gasteiger partial charge >= 0.3 is 5.69 Å². The van der Waals surface area contributed by atoms with Crippen LogP contribution < -0.4 is 11.2 Å². The van der Waals surface area contributed by atoms with Crippen LogP contribution in [0.25, 0.3) is 0 Å². The van der Waals surface area contributed by atoms with Gasteiger partial charge in [-0.3, -0.25) is 18.1 Å². The van der Waals surface area contributed by atoms with Crippen molar-refractivity contribution in [1.82, 2.24) is 9.13 Å². The maximum atomic E-state index is 12.0.